The third-order valence-electron chi connectivity index (χ3n) is 7.02. The topological polar surface area (TPSA) is 32.6 Å². The fourth-order valence-electron chi connectivity index (χ4n) is 6.41. The minimum Gasteiger partial charge on any atom is -0.507 e. The van der Waals surface area contributed by atoms with Crippen LogP contribution in [0, 0.1) is 23.2 Å². The quantitative estimate of drug-likeness (QED) is 0.600. The van der Waals surface area contributed by atoms with Gasteiger partial charge in [-0.15, -0.1) is 0 Å². The molecule has 4 aliphatic carbocycles. The Hall–Kier alpha value is -1.80. The van der Waals surface area contributed by atoms with Crippen molar-refractivity contribution in [3.8, 4) is 5.75 Å². The van der Waals surface area contributed by atoms with E-state index in [2.05, 4.69) is 29.3 Å². The van der Waals surface area contributed by atoms with Gasteiger partial charge in [0.25, 0.3) is 0 Å². The van der Waals surface area contributed by atoms with Crippen LogP contribution in [0.5, 0.6) is 5.75 Å². The minimum atomic E-state index is 0.196. The number of hydrogen-bond acceptors (Lipinski definition) is 2. The lowest BCUT2D eigenvalue weighted by Gasteiger charge is -2.57. The summed E-state index contributed by atoms with van der Waals surface area (Å²) in [5.41, 5.74) is 3.57. The summed E-state index contributed by atoms with van der Waals surface area (Å²) in [6.07, 6.45) is 11.8. The number of nitrogens with zero attached hydrogens (tertiary/aromatic N) is 1. The summed E-state index contributed by atoms with van der Waals surface area (Å²) >= 11 is 5.99. The molecule has 4 saturated carbocycles. The molecule has 0 radical (unpaired) electrons. The van der Waals surface area contributed by atoms with Gasteiger partial charge in [0, 0.05) is 16.8 Å². The number of hydrogen-bond donors (Lipinski definition) is 1. The number of phenols is 1. The molecule has 0 atom stereocenters. The van der Waals surface area contributed by atoms with Crippen molar-refractivity contribution < 1.29 is 5.11 Å². The van der Waals surface area contributed by atoms with Crippen LogP contribution in [0.15, 0.2) is 47.5 Å². The van der Waals surface area contributed by atoms with Crippen molar-refractivity contribution in [2.75, 3.05) is 0 Å². The summed E-state index contributed by atoms with van der Waals surface area (Å²) in [5, 5.41) is 10.5. The first-order chi connectivity index (χ1) is 13.1. The largest absolute Gasteiger partial charge is 0.507 e. The van der Waals surface area contributed by atoms with Gasteiger partial charge < -0.3 is 5.11 Å². The van der Waals surface area contributed by atoms with Crippen LogP contribution in [0.3, 0.4) is 0 Å². The summed E-state index contributed by atoms with van der Waals surface area (Å²) in [7, 11) is 0. The van der Waals surface area contributed by atoms with Gasteiger partial charge in [-0.1, -0.05) is 23.7 Å². The van der Waals surface area contributed by atoms with Gasteiger partial charge in [0.2, 0.25) is 0 Å². The third-order valence-corrected chi connectivity index (χ3v) is 7.26. The maximum Gasteiger partial charge on any atom is 0.124 e. The zero-order valence-corrected chi connectivity index (χ0v) is 16.3. The van der Waals surface area contributed by atoms with Crippen molar-refractivity contribution in [1.29, 1.82) is 0 Å². The molecule has 2 aromatic carbocycles. The number of phenolic OH excluding ortho intramolecular Hbond substituents is 1. The molecular weight excluding hydrogens is 354 g/mol. The highest BCUT2D eigenvalue weighted by atomic mass is 35.5. The van der Waals surface area contributed by atoms with Crippen LogP contribution in [0.1, 0.15) is 49.7 Å². The van der Waals surface area contributed by atoms with E-state index in [0.717, 1.165) is 23.4 Å². The molecule has 2 aromatic rings. The van der Waals surface area contributed by atoms with E-state index in [4.69, 9.17) is 11.6 Å². The van der Waals surface area contributed by atoms with Crippen molar-refractivity contribution in [3.05, 3.63) is 58.6 Å². The highest BCUT2D eigenvalue weighted by Gasteiger charge is 2.50. The van der Waals surface area contributed by atoms with Gasteiger partial charge in [0.1, 0.15) is 5.75 Å². The molecule has 1 N–H and O–H groups in total. The molecule has 3 heteroatoms. The summed E-state index contributed by atoms with van der Waals surface area (Å²) in [6.45, 7) is 0. The SMILES string of the molecule is Oc1ccc(Cl)cc1C=Nc1ccc(CC23CC4CC(CC(C4)C2)C3)cc1. The zero-order chi connectivity index (χ0) is 18.4. The van der Waals surface area contributed by atoms with Crippen molar-refractivity contribution in [1.82, 2.24) is 0 Å². The van der Waals surface area contributed by atoms with E-state index < -0.39 is 0 Å². The molecule has 0 aliphatic heterocycles. The summed E-state index contributed by atoms with van der Waals surface area (Å²) in [4.78, 5) is 4.50. The Morgan fingerprint density at radius 2 is 1.59 bits per heavy atom. The van der Waals surface area contributed by atoms with Crippen molar-refractivity contribution in [2.24, 2.45) is 28.2 Å². The molecule has 0 saturated heterocycles. The second kappa shape index (κ2) is 6.67. The Labute approximate surface area is 166 Å². The Morgan fingerprint density at radius 3 is 2.22 bits per heavy atom. The van der Waals surface area contributed by atoms with E-state index in [-0.39, 0.29) is 5.75 Å². The normalized spacial score (nSPS) is 31.7. The Bertz CT molecular complexity index is 835. The van der Waals surface area contributed by atoms with Crippen molar-refractivity contribution in [3.63, 3.8) is 0 Å². The molecule has 4 bridgehead atoms. The van der Waals surface area contributed by atoms with Crippen LogP contribution >= 0.6 is 11.6 Å². The Morgan fingerprint density at radius 1 is 0.963 bits per heavy atom. The van der Waals surface area contributed by atoms with Crippen LogP contribution in [-0.2, 0) is 6.42 Å². The molecule has 6 rings (SSSR count). The minimum absolute atomic E-state index is 0.196. The third kappa shape index (κ3) is 3.52. The molecule has 0 aromatic heterocycles. The zero-order valence-electron chi connectivity index (χ0n) is 15.6. The van der Waals surface area contributed by atoms with E-state index in [1.54, 1.807) is 24.4 Å². The number of halogens is 1. The summed E-state index contributed by atoms with van der Waals surface area (Å²) in [6, 6.07) is 13.7. The molecule has 0 spiro atoms. The molecule has 0 amide bonds. The standard InChI is InChI=1S/C24H26ClNO/c25-21-3-6-23(27)20(10-21)15-26-22-4-1-16(2-5-22)11-24-12-17-7-18(13-24)9-19(8-17)14-24/h1-6,10,15,17-19,27H,7-9,11-14H2. The van der Waals surface area contributed by atoms with Gasteiger partial charge in [-0.2, -0.15) is 0 Å². The lowest BCUT2D eigenvalue weighted by Crippen LogP contribution is -2.47. The number of aliphatic imine (C=N–C) groups is 1. The van der Waals surface area contributed by atoms with Gasteiger partial charge in [0.05, 0.1) is 5.69 Å². The Kier molecular flexibility index (Phi) is 4.27. The maximum absolute atomic E-state index is 9.90. The highest BCUT2D eigenvalue weighted by molar-refractivity contribution is 6.30. The van der Waals surface area contributed by atoms with Crippen LogP contribution in [0.4, 0.5) is 5.69 Å². The molecule has 27 heavy (non-hydrogen) atoms. The molecule has 140 valence electrons. The summed E-state index contributed by atoms with van der Waals surface area (Å²) in [5.74, 6) is 3.21. The van der Waals surface area contributed by atoms with Crippen molar-refractivity contribution in [2.45, 2.75) is 44.9 Å². The second-order valence-electron chi connectivity index (χ2n) is 9.22. The first-order valence-corrected chi connectivity index (χ1v) is 10.6. The van der Waals surface area contributed by atoms with Crippen LogP contribution < -0.4 is 0 Å². The van der Waals surface area contributed by atoms with Gasteiger partial charge in [0.15, 0.2) is 0 Å². The average molecular weight is 380 g/mol. The lowest BCUT2D eigenvalue weighted by molar-refractivity contribution is -0.0521. The first kappa shape index (κ1) is 17.3. The average Bonchev–Trinajstić information content (AvgIpc) is 2.62. The molecule has 0 unspecified atom stereocenters. The van der Waals surface area contributed by atoms with Crippen LogP contribution in [0.2, 0.25) is 5.02 Å². The van der Waals surface area contributed by atoms with Gasteiger partial charge in [-0.05, 0) is 104 Å². The van der Waals surface area contributed by atoms with Gasteiger partial charge >= 0.3 is 0 Å². The summed E-state index contributed by atoms with van der Waals surface area (Å²) < 4.78 is 0. The van der Waals surface area contributed by atoms with Crippen LogP contribution in [0.25, 0.3) is 0 Å². The van der Waals surface area contributed by atoms with E-state index >= 15 is 0 Å². The van der Waals surface area contributed by atoms with Crippen LogP contribution in [-0.4, -0.2) is 11.3 Å². The maximum atomic E-state index is 9.90. The second-order valence-corrected chi connectivity index (χ2v) is 9.66. The van der Waals surface area contributed by atoms with E-state index in [0.29, 0.717) is 16.0 Å². The van der Waals surface area contributed by atoms with Gasteiger partial charge in [-0.3, -0.25) is 4.99 Å². The predicted octanol–water partition coefficient (Wildman–Crippen LogP) is 6.56. The van der Waals surface area contributed by atoms with E-state index in [9.17, 15) is 5.11 Å². The molecule has 4 fully saturated rings. The fraction of sp³-hybridized carbons (Fsp3) is 0.458. The number of benzene rings is 2. The lowest BCUT2D eigenvalue weighted by atomic mass is 9.48. The predicted molar refractivity (Wildman–Crippen MR) is 111 cm³/mol. The van der Waals surface area contributed by atoms with Gasteiger partial charge in [-0.25, -0.2) is 0 Å². The fourth-order valence-corrected chi connectivity index (χ4v) is 6.59. The molecule has 2 nitrogen and oxygen atoms in total. The van der Waals surface area contributed by atoms with Crippen molar-refractivity contribution >= 4 is 23.5 Å². The molecule has 4 aliphatic rings. The van der Waals surface area contributed by atoms with E-state index in [1.807, 2.05) is 0 Å². The Balaban J connectivity index is 1.29. The highest BCUT2D eigenvalue weighted by Crippen LogP contribution is 2.61. The number of aromatic hydroxyl groups is 1. The first-order valence-electron chi connectivity index (χ1n) is 10.2. The molecule has 0 heterocycles. The monoisotopic (exact) mass is 379 g/mol. The molecular formula is C24H26ClNO. The van der Waals surface area contributed by atoms with E-state index in [1.165, 1.54) is 50.5 Å². The number of rotatable bonds is 4. The smallest absolute Gasteiger partial charge is 0.124 e.